The molecule has 0 spiro atoms. The second-order valence-electron chi connectivity index (χ2n) is 4.12. The van der Waals surface area contributed by atoms with E-state index in [9.17, 15) is 4.79 Å². The van der Waals surface area contributed by atoms with E-state index in [1.54, 1.807) is 0 Å². The minimum Gasteiger partial charge on any atom is -0.397 e. The minimum absolute atomic E-state index is 0.236. The molecule has 0 saturated carbocycles. The molecule has 0 bridgehead atoms. The normalized spacial score (nSPS) is 12.5. The Balaban J connectivity index is 2.67. The summed E-state index contributed by atoms with van der Waals surface area (Å²) < 4.78 is 0. The first-order chi connectivity index (χ1) is 7.91. The lowest BCUT2D eigenvalue weighted by Gasteiger charge is -2.20. The van der Waals surface area contributed by atoms with Crippen LogP contribution in [0.5, 0.6) is 0 Å². The summed E-state index contributed by atoms with van der Waals surface area (Å²) in [6, 6.07) is 1.71. The number of pyridine rings is 1. The average molecular weight is 257 g/mol. The van der Waals surface area contributed by atoms with Crippen molar-refractivity contribution in [2.45, 2.75) is 13.0 Å². The van der Waals surface area contributed by atoms with Crippen molar-refractivity contribution in [2.75, 3.05) is 26.4 Å². The van der Waals surface area contributed by atoms with E-state index in [4.69, 9.17) is 17.3 Å². The molecule has 3 N–H and O–H groups in total. The molecule has 94 valence electrons. The van der Waals surface area contributed by atoms with Crippen LogP contribution in [0.25, 0.3) is 0 Å². The number of nitrogens with two attached hydrogens (primary N) is 1. The third-order valence-corrected chi connectivity index (χ3v) is 2.79. The first kappa shape index (κ1) is 13.7. The zero-order chi connectivity index (χ0) is 13.0. The van der Waals surface area contributed by atoms with Crippen molar-refractivity contribution < 1.29 is 4.79 Å². The van der Waals surface area contributed by atoms with Gasteiger partial charge in [-0.2, -0.15) is 0 Å². The number of carbonyl (C=O) groups is 1. The summed E-state index contributed by atoms with van der Waals surface area (Å²) in [4.78, 5) is 17.7. The molecular weight excluding hydrogens is 240 g/mol. The lowest BCUT2D eigenvalue weighted by molar-refractivity contribution is 0.0944. The minimum atomic E-state index is -0.236. The standard InChI is InChI=1S/C11H17ClN4O/c1-7(16(2)3)5-15-11(17)8-4-10(12)14-6-9(8)13/h4,6-7H,5,13H2,1-3H3,(H,15,17). The van der Waals surface area contributed by atoms with Crippen LogP contribution in [0, 0.1) is 0 Å². The maximum absolute atomic E-state index is 11.8. The van der Waals surface area contributed by atoms with Crippen LogP contribution in [0.15, 0.2) is 12.3 Å². The highest BCUT2D eigenvalue weighted by Gasteiger charge is 2.12. The maximum Gasteiger partial charge on any atom is 0.253 e. The van der Waals surface area contributed by atoms with Gasteiger partial charge in [0.2, 0.25) is 0 Å². The zero-order valence-corrected chi connectivity index (χ0v) is 11.0. The molecular formula is C11H17ClN4O. The number of hydrogen-bond donors (Lipinski definition) is 2. The van der Waals surface area contributed by atoms with Crippen LogP contribution in [-0.2, 0) is 0 Å². The second-order valence-corrected chi connectivity index (χ2v) is 4.50. The van der Waals surface area contributed by atoms with Gasteiger partial charge in [0.1, 0.15) is 5.15 Å². The summed E-state index contributed by atoms with van der Waals surface area (Å²) in [6.45, 7) is 2.56. The molecule has 0 aliphatic heterocycles. The number of likely N-dealkylation sites (N-methyl/N-ethyl adjacent to an activating group) is 1. The van der Waals surface area contributed by atoms with Gasteiger partial charge in [0.15, 0.2) is 0 Å². The van der Waals surface area contributed by atoms with Crippen LogP contribution >= 0.6 is 11.6 Å². The summed E-state index contributed by atoms with van der Waals surface area (Å²) >= 11 is 5.72. The Morgan fingerprint density at radius 3 is 2.88 bits per heavy atom. The molecule has 1 aromatic heterocycles. The van der Waals surface area contributed by atoms with Gasteiger partial charge >= 0.3 is 0 Å². The van der Waals surface area contributed by atoms with Gasteiger partial charge in [0.25, 0.3) is 5.91 Å². The van der Waals surface area contributed by atoms with Gasteiger partial charge < -0.3 is 16.0 Å². The van der Waals surface area contributed by atoms with Gasteiger partial charge in [-0.3, -0.25) is 4.79 Å². The van der Waals surface area contributed by atoms with Crippen molar-refractivity contribution in [3.05, 3.63) is 23.0 Å². The van der Waals surface area contributed by atoms with Gasteiger partial charge in [0.05, 0.1) is 17.4 Å². The Morgan fingerprint density at radius 2 is 2.29 bits per heavy atom. The monoisotopic (exact) mass is 256 g/mol. The Bertz CT molecular complexity index is 408. The molecule has 1 aromatic rings. The van der Waals surface area contributed by atoms with Crippen molar-refractivity contribution in [3.63, 3.8) is 0 Å². The topological polar surface area (TPSA) is 71.2 Å². The highest BCUT2D eigenvalue weighted by Crippen LogP contribution is 2.14. The summed E-state index contributed by atoms with van der Waals surface area (Å²) in [5.41, 5.74) is 6.35. The van der Waals surface area contributed by atoms with E-state index in [1.807, 2.05) is 25.9 Å². The van der Waals surface area contributed by atoms with Gasteiger partial charge in [-0.15, -0.1) is 0 Å². The number of amides is 1. The second kappa shape index (κ2) is 5.84. The number of halogens is 1. The number of nitrogen functional groups attached to an aromatic ring is 1. The Hall–Kier alpha value is -1.33. The number of hydrogen-bond acceptors (Lipinski definition) is 4. The van der Waals surface area contributed by atoms with Crippen molar-refractivity contribution in [1.82, 2.24) is 15.2 Å². The zero-order valence-electron chi connectivity index (χ0n) is 10.2. The highest BCUT2D eigenvalue weighted by molar-refractivity contribution is 6.29. The molecule has 0 saturated heterocycles. The molecule has 0 aliphatic carbocycles. The molecule has 1 rings (SSSR count). The molecule has 1 atom stereocenters. The largest absolute Gasteiger partial charge is 0.397 e. The Labute approximate surface area is 106 Å². The molecule has 0 radical (unpaired) electrons. The Morgan fingerprint density at radius 1 is 1.65 bits per heavy atom. The third-order valence-electron chi connectivity index (χ3n) is 2.59. The molecule has 0 fully saturated rings. The fourth-order valence-corrected chi connectivity index (χ4v) is 1.31. The highest BCUT2D eigenvalue weighted by atomic mass is 35.5. The van der Waals surface area contributed by atoms with Crippen molar-refractivity contribution in [1.29, 1.82) is 0 Å². The summed E-state index contributed by atoms with van der Waals surface area (Å²) in [5.74, 6) is -0.236. The number of anilines is 1. The van der Waals surface area contributed by atoms with Gasteiger partial charge in [-0.05, 0) is 27.1 Å². The van der Waals surface area contributed by atoms with E-state index in [-0.39, 0.29) is 17.1 Å². The molecule has 5 nitrogen and oxygen atoms in total. The number of nitrogens with one attached hydrogen (secondary N) is 1. The molecule has 1 amide bonds. The average Bonchev–Trinajstić information content (AvgIpc) is 2.28. The quantitative estimate of drug-likeness (QED) is 0.789. The molecule has 0 aliphatic rings. The first-order valence-electron chi connectivity index (χ1n) is 5.27. The summed E-state index contributed by atoms with van der Waals surface area (Å²) in [5, 5.41) is 3.06. The van der Waals surface area contributed by atoms with Crippen LogP contribution in [0.1, 0.15) is 17.3 Å². The van der Waals surface area contributed by atoms with Crippen molar-refractivity contribution >= 4 is 23.2 Å². The fraction of sp³-hybridized carbons (Fsp3) is 0.455. The van der Waals surface area contributed by atoms with Crippen molar-refractivity contribution in [3.8, 4) is 0 Å². The summed E-state index contributed by atoms with van der Waals surface area (Å²) in [6.07, 6.45) is 1.38. The van der Waals surface area contributed by atoms with Gasteiger partial charge in [-0.1, -0.05) is 11.6 Å². The van der Waals surface area contributed by atoms with Crippen molar-refractivity contribution in [2.24, 2.45) is 0 Å². The molecule has 0 aromatic carbocycles. The van der Waals surface area contributed by atoms with E-state index in [0.717, 1.165) is 0 Å². The lowest BCUT2D eigenvalue weighted by Crippen LogP contribution is -2.38. The predicted octanol–water partition coefficient (Wildman–Crippen LogP) is 0.997. The predicted molar refractivity (Wildman–Crippen MR) is 69.1 cm³/mol. The lowest BCUT2D eigenvalue weighted by atomic mass is 10.2. The van der Waals surface area contributed by atoms with E-state index in [2.05, 4.69) is 10.3 Å². The SMILES string of the molecule is CC(CNC(=O)c1cc(Cl)ncc1N)N(C)C. The van der Waals surface area contributed by atoms with Crippen LogP contribution in [-0.4, -0.2) is 42.5 Å². The number of aromatic nitrogens is 1. The van der Waals surface area contributed by atoms with Crippen LogP contribution in [0.2, 0.25) is 5.15 Å². The number of carbonyl (C=O) groups excluding carboxylic acids is 1. The van der Waals surface area contributed by atoms with E-state index in [1.165, 1.54) is 12.3 Å². The molecule has 17 heavy (non-hydrogen) atoms. The molecule has 6 heteroatoms. The smallest absolute Gasteiger partial charge is 0.253 e. The number of nitrogens with zero attached hydrogens (tertiary/aromatic N) is 2. The van der Waals surface area contributed by atoms with Gasteiger partial charge in [-0.25, -0.2) is 4.98 Å². The fourth-order valence-electron chi connectivity index (χ4n) is 1.16. The van der Waals surface area contributed by atoms with E-state index in [0.29, 0.717) is 17.8 Å². The molecule has 1 unspecified atom stereocenters. The third kappa shape index (κ3) is 3.87. The van der Waals surface area contributed by atoms with Crippen LogP contribution in [0.3, 0.4) is 0 Å². The Kier molecular flexibility index (Phi) is 4.72. The van der Waals surface area contributed by atoms with E-state index >= 15 is 0 Å². The summed E-state index contributed by atoms with van der Waals surface area (Å²) in [7, 11) is 3.91. The molecule has 1 heterocycles. The van der Waals surface area contributed by atoms with Gasteiger partial charge in [0, 0.05) is 12.6 Å². The maximum atomic E-state index is 11.8. The number of rotatable bonds is 4. The first-order valence-corrected chi connectivity index (χ1v) is 5.65. The van der Waals surface area contributed by atoms with E-state index < -0.39 is 0 Å². The van der Waals surface area contributed by atoms with Crippen LogP contribution in [0.4, 0.5) is 5.69 Å². The van der Waals surface area contributed by atoms with Crippen LogP contribution < -0.4 is 11.1 Å².